The van der Waals surface area contributed by atoms with Gasteiger partial charge in [-0.05, 0) is 41.1 Å². The molecular formula is C12H11BrFN3O. The van der Waals surface area contributed by atoms with Crippen LogP contribution in [0.2, 0.25) is 0 Å². The Bertz CT molecular complexity index is 614. The first-order valence-electron chi connectivity index (χ1n) is 5.39. The van der Waals surface area contributed by atoms with E-state index in [4.69, 9.17) is 0 Å². The lowest BCUT2D eigenvalue weighted by molar-refractivity contribution is 0.627. The van der Waals surface area contributed by atoms with Gasteiger partial charge in [0.15, 0.2) is 5.82 Å². The van der Waals surface area contributed by atoms with Crippen LogP contribution in [0.25, 0.3) is 0 Å². The molecular weight excluding hydrogens is 301 g/mol. The summed E-state index contributed by atoms with van der Waals surface area (Å²) in [5.74, 6) is 0.138. The highest BCUT2D eigenvalue weighted by Crippen LogP contribution is 2.27. The molecule has 0 spiro atoms. The molecule has 1 aromatic heterocycles. The average Bonchev–Trinajstić information content (AvgIpc) is 2.35. The van der Waals surface area contributed by atoms with E-state index in [-0.39, 0.29) is 11.4 Å². The van der Waals surface area contributed by atoms with Crippen molar-refractivity contribution in [3.63, 3.8) is 0 Å². The summed E-state index contributed by atoms with van der Waals surface area (Å²) in [5.41, 5.74) is 0.381. The van der Waals surface area contributed by atoms with Crippen LogP contribution in [0.15, 0.2) is 39.9 Å². The fourth-order valence-electron chi connectivity index (χ4n) is 1.66. The Morgan fingerprint density at radius 1 is 1.50 bits per heavy atom. The van der Waals surface area contributed by atoms with Gasteiger partial charge < -0.3 is 9.88 Å². The normalized spacial score (nSPS) is 10.4. The van der Waals surface area contributed by atoms with Crippen LogP contribution in [0.1, 0.15) is 6.92 Å². The highest BCUT2D eigenvalue weighted by molar-refractivity contribution is 9.10. The molecule has 0 aliphatic rings. The van der Waals surface area contributed by atoms with Crippen molar-refractivity contribution in [2.45, 2.75) is 6.92 Å². The number of aromatic nitrogens is 2. The number of nitrogens with zero attached hydrogens (tertiary/aromatic N) is 2. The van der Waals surface area contributed by atoms with Gasteiger partial charge in [-0.15, -0.1) is 0 Å². The summed E-state index contributed by atoms with van der Waals surface area (Å²) >= 11 is 3.20. The molecule has 1 heterocycles. The molecule has 2 aromatic rings. The Kier molecular flexibility index (Phi) is 3.76. The van der Waals surface area contributed by atoms with Crippen LogP contribution in [0.5, 0.6) is 0 Å². The molecule has 1 N–H and O–H groups in total. The van der Waals surface area contributed by atoms with E-state index in [0.717, 1.165) is 0 Å². The Hall–Kier alpha value is -1.69. The highest BCUT2D eigenvalue weighted by atomic mass is 79.9. The van der Waals surface area contributed by atoms with Crippen LogP contribution in [0.4, 0.5) is 15.9 Å². The zero-order chi connectivity index (χ0) is 13.1. The lowest BCUT2D eigenvalue weighted by Crippen LogP contribution is -2.21. The quantitative estimate of drug-likeness (QED) is 0.948. The van der Waals surface area contributed by atoms with Gasteiger partial charge in [-0.1, -0.05) is 6.07 Å². The second kappa shape index (κ2) is 5.30. The van der Waals surface area contributed by atoms with Crippen LogP contribution in [0.3, 0.4) is 0 Å². The zero-order valence-corrected chi connectivity index (χ0v) is 11.2. The molecule has 1 aromatic carbocycles. The maximum absolute atomic E-state index is 13.2. The van der Waals surface area contributed by atoms with Crippen LogP contribution in [0, 0.1) is 5.82 Å². The Morgan fingerprint density at radius 3 is 2.94 bits per heavy atom. The summed E-state index contributed by atoms with van der Waals surface area (Å²) in [5, 5.41) is 0. The lowest BCUT2D eigenvalue weighted by atomic mass is 10.2. The third kappa shape index (κ3) is 2.43. The maximum Gasteiger partial charge on any atom is 0.267 e. The number of rotatable bonds is 3. The topological polar surface area (TPSA) is 49.0 Å². The fourth-order valence-corrected chi connectivity index (χ4v) is 2.09. The standard InChI is InChI=1S/C12H11BrFN3O/c1-2-17(9-5-3-4-8(14)6-9)11-10(13)12(18)16-7-15-11/h3-7H,2H2,1H3,(H,15,16,18). The van der Waals surface area contributed by atoms with Gasteiger partial charge >= 0.3 is 0 Å². The first-order valence-corrected chi connectivity index (χ1v) is 6.19. The number of halogens is 2. The predicted molar refractivity (Wildman–Crippen MR) is 71.6 cm³/mol. The number of benzene rings is 1. The number of hydrogen-bond acceptors (Lipinski definition) is 3. The number of aromatic amines is 1. The molecule has 0 unspecified atom stereocenters. The van der Waals surface area contributed by atoms with Crippen molar-refractivity contribution >= 4 is 27.4 Å². The summed E-state index contributed by atoms with van der Waals surface area (Å²) in [7, 11) is 0. The van der Waals surface area contributed by atoms with E-state index in [1.54, 1.807) is 17.0 Å². The Balaban J connectivity index is 2.52. The monoisotopic (exact) mass is 311 g/mol. The molecule has 2 rings (SSSR count). The minimum Gasteiger partial charge on any atom is -0.325 e. The van der Waals surface area contributed by atoms with E-state index in [2.05, 4.69) is 25.9 Å². The molecule has 18 heavy (non-hydrogen) atoms. The molecule has 0 saturated carbocycles. The van der Waals surface area contributed by atoms with E-state index in [1.165, 1.54) is 18.5 Å². The van der Waals surface area contributed by atoms with Crippen molar-refractivity contribution < 1.29 is 4.39 Å². The summed E-state index contributed by atoms with van der Waals surface area (Å²) in [6.45, 7) is 2.47. The molecule has 0 atom stereocenters. The van der Waals surface area contributed by atoms with Gasteiger partial charge in [0, 0.05) is 12.2 Å². The molecule has 6 heteroatoms. The van der Waals surface area contributed by atoms with Crippen LogP contribution in [-0.2, 0) is 0 Å². The van der Waals surface area contributed by atoms with Gasteiger partial charge in [0.25, 0.3) is 5.56 Å². The van der Waals surface area contributed by atoms with Crippen molar-refractivity contribution in [3.05, 3.63) is 51.2 Å². The molecule has 94 valence electrons. The average molecular weight is 312 g/mol. The molecule has 0 bridgehead atoms. The Labute approximate surface area is 112 Å². The van der Waals surface area contributed by atoms with E-state index < -0.39 is 0 Å². The van der Waals surface area contributed by atoms with Crippen molar-refractivity contribution in [3.8, 4) is 0 Å². The zero-order valence-electron chi connectivity index (χ0n) is 9.65. The second-order valence-corrected chi connectivity index (χ2v) is 4.39. The lowest BCUT2D eigenvalue weighted by Gasteiger charge is -2.22. The second-order valence-electron chi connectivity index (χ2n) is 3.59. The van der Waals surface area contributed by atoms with E-state index in [1.807, 2.05) is 6.92 Å². The van der Waals surface area contributed by atoms with Crippen molar-refractivity contribution in [1.29, 1.82) is 0 Å². The summed E-state index contributed by atoms with van der Waals surface area (Å²) in [4.78, 5) is 19.9. The molecule has 0 saturated heterocycles. The fraction of sp³-hybridized carbons (Fsp3) is 0.167. The number of hydrogen-bond donors (Lipinski definition) is 1. The number of nitrogens with one attached hydrogen (secondary N) is 1. The highest BCUT2D eigenvalue weighted by Gasteiger charge is 2.14. The molecule has 0 fully saturated rings. The molecule has 0 aliphatic carbocycles. The minimum absolute atomic E-state index is 0.269. The summed E-state index contributed by atoms with van der Waals surface area (Å²) < 4.78 is 13.6. The van der Waals surface area contributed by atoms with Crippen molar-refractivity contribution in [2.24, 2.45) is 0 Å². The smallest absolute Gasteiger partial charge is 0.267 e. The molecule has 4 nitrogen and oxygen atoms in total. The van der Waals surface area contributed by atoms with Crippen molar-refractivity contribution in [2.75, 3.05) is 11.4 Å². The largest absolute Gasteiger partial charge is 0.325 e. The maximum atomic E-state index is 13.2. The first kappa shape index (κ1) is 12.8. The van der Waals surface area contributed by atoms with Gasteiger partial charge in [0.1, 0.15) is 10.3 Å². The van der Waals surface area contributed by atoms with Crippen LogP contribution < -0.4 is 10.5 Å². The van der Waals surface area contributed by atoms with E-state index in [9.17, 15) is 9.18 Å². The van der Waals surface area contributed by atoms with Crippen molar-refractivity contribution in [1.82, 2.24) is 9.97 Å². The molecule has 0 aliphatic heterocycles. The predicted octanol–water partition coefficient (Wildman–Crippen LogP) is 2.83. The SMILES string of the molecule is CCN(c1cccc(F)c1)c1nc[nH]c(=O)c1Br. The van der Waals surface area contributed by atoms with E-state index >= 15 is 0 Å². The van der Waals surface area contributed by atoms with E-state index in [0.29, 0.717) is 22.5 Å². The van der Waals surface area contributed by atoms with Gasteiger partial charge in [0.2, 0.25) is 0 Å². The summed E-state index contributed by atoms with van der Waals surface area (Å²) in [6, 6.07) is 6.16. The van der Waals surface area contributed by atoms with Gasteiger partial charge in [-0.25, -0.2) is 9.37 Å². The van der Waals surface area contributed by atoms with Crippen LogP contribution in [-0.4, -0.2) is 16.5 Å². The first-order chi connectivity index (χ1) is 8.63. The van der Waals surface area contributed by atoms with Gasteiger partial charge in [-0.2, -0.15) is 0 Å². The third-order valence-corrected chi connectivity index (χ3v) is 3.18. The molecule has 0 amide bonds. The Morgan fingerprint density at radius 2 is 2.28 bits per heavy atom. The van der Waals surface area contributed by atoms with Crippen LogP contribution >= 0.6 is 15.9 Å². The minimum atomic E-state index is -0.327. The van der Waals surface area contributed by atoms with Gasteiger partial charge in [0.05, 0.1) is 6.33 Å². The number of anilines is 2. The summed E-state index contributed by atoms with van der Waals surface area (Å²) in [6.07, 6.45) is 1.32. The van der Waals surface area contributed by atoms with Gasteiger partial charge in [-0.3, -0.25) is 4.79 Å². The number of H-pyrrole nitrogens is 1. The molecule has 0 radical (unpaired) electrons. The third-order valence-electron chi connectivity index (χ3n) is 2.47.